The van der Waals surface area contributed by atoms with Gasteiger partial charge in [0.25, 0.3) is 0 Å². The van der Waals surface area contributed by atoms with E-state index in [-0.39, 0.29) is 6.04 Å². The second-order valence-electron chi connectivity index (χ2n) is 8.80. The molecule has 0 radical (unpaired) electrons. The molecule has 2 atom stereocenters. The highest BCUT2D eigenvalue weighted by atomic mass is 19.2. The molecule has 0 amide bonds. The van der Waals surface area contributed by atoms with Gasteiger partial charge in [-0.3, -0.25) is 9.78 Å². The molecule has 172 valence electrons. The Morgan fingerprint density at radius 3 is 2.59 bits per heavy atom. The minimum absolute atomic E-state index is 0.189. The Bertz CT molecular complexity index is 1410. The molecule has 4 heterocycles. The summed E-state index contributed by atoms with van der Waals surface area (Å²) in [6.07, 6.45) is 6.61. The number of anilines is 2. The van der Waals surface area contributed by atoms with Gasteiger partial charge in [0.15, 0.2) is 17.9 Å². The number of piperidine rings is 1. The van der Waals surface area contributed by atoms with Crippen LogP contribution in [-0.4, -0.2) is 56.9 Å². The first-order chi connectivity index (χ1) is 16.5. The van der Waals surface area contributed by atoms with Crippen LogP contribution in [-0.2, 0) is 0 Å². The van der Waals surface area contributed by atoms with Crippen molar-refractivity contribution < 1.29 is 13.6 Å². The average Bonchev–Trinajstić information content (AvgIpc) is 3.36. The smallest absolute Gasteiger partial charge is 0.161 e. The molecule has 8 nitrogen and oxygen atoms in total. The molecule has 2 aromatic carbocycles. The SMILES string of the molecule is Cc1ccc(-n2nccn2)c(C=O)c1N1C[C@H]2CCN(c3cnc4cc(F)c(F)cc4n3)C[C@H]21. The molecule has 2 saturated heterocycles. The lowest BCUT2D eigenvalue weighted by atomic mass is 9.81. The standard InChI is InChI=1S/C24H21F2N7O/c1-14-2-3-21(33-28-5-6-29-33)16(13-34)24(14)32-11-15-4-7-31(12-22(15)32)23-10-27-19-8-17(25)18(26)9-20(19)30-23/h2-3,5-6,8-10,13,15,22H,4,7,11-12H2,1H3/t15-,22-/m1/s1. The maximum Gasteiger partial charge on any atom is 0.161 e. The van der Waals surface area contributed by atoms with E-state index in [1.807, 2.05) is 19.1 Å². The zero-order chi connectivity index (χ0) is 23.4. The molecule has 4 aromatic rings. The number of halogens is 2. The van der Waals surface area contributed by atoms with Gasteiger partial charge in [0.1, 0.15) is 5.82 Å². The molecule has 6 rings (SSSR count). The highest BCUT2D eigenvalue weighted by Crippen LogP contribution is 2.41. The van der Waals surface area contributed by atoms with Gasteiger partial charge in [0, 0.05) is 37.7 Å². The predicted molar refractivity (Wildman–Crippen MR) is 122 cm³/mol. The molecule has 10 heteroatoms. The van der Waals surface area contributed by atoms with Crippen LogP contribution in [0, 0.1) is 24.5 Å². The van der Waals surface area contributed by atoms with E-state index in [4.69, 9.17) is 0 Å². The maximum absolute atomic E-state index is 13.7. The van der Waals surface area contributed by atoms with Crippen LogP contribution >= 0.6 is 0 Å². The van der Waals surface area contributed by atoms with Crippen molar-refractivity contribution in [2.75, 3.05) is 29.4 Å². The second kappa shape index (κ2) is 7.82. The summed E-state index contributed by atoms with van der Waals surface area (Å²) in [4.78, 5) is 26.9. The molecule has 2 aliphatic heterocycles. The molecule has 2 aromatic heterocycles. The molecular weight excluding hydrogens is 440 g/mol. The van der Waals surface area contributed by atoms with Crippen LogP contribution in [0.4, 0.5) is 20.3 Å². The van der Waals surface area contributed by atoms with Crippen LogP contribution in [0.25, 0.3) is 16.7 Å². The van der Waals surface area contributed by atoms with Gasteiger partial charge in [0.05, 0.1) is 52.6 Å². The summed E-state index contributed by atoms with van der Waals surface area (Å²) in [5, 5.41) is 8.39. The van der Waals surface area contributed by atoms with E-state index in [1.54, 1.807) is 18.6 Å². The Morgan fingerprint density at radius 2 is 1.82 bits per heavy atom. The number of carbonyl (C=O) groups excluding carboxylic acids is 1. The Labute approximate surface area is 193 Å². The quantitative estimate of drug-likeness (QED) is 0.432. The highest BCUT2D eigenvalue weighted by molar-refractivity contribution is 5.91. The normalized spacial score (nSPS) is 19.7. The molecule has 34 heavy (non-hydrogen) atoms. The van der Waals surface area contributed by atoms with Crippen molar-refractivity contribution in [2.24, 2.45) is 5.92 Å². The Morgan fingerprint density at radius 1 is 1.06 bits per heavy atom. The predicted octanol–water partition coefficient (Wildman–Crippen LogP) is 3.32. The van der Waals surface area contributed by atoms with Crippen LogP contribution in [0.5, 0.6) is 0 Å². The first-order valence-corrected chi connectivity index (χ1v) is 11.1. The first kappa shape index (κ1) is 20.6. The van der Waals surface area contributed by atoms with Crippen molar-refractivity contribution in [1.29, 1.82) is 0 Å². The van der Waals surface area contributed by atoms with Crippen LogP contribution < -0.4 is 9.80 Å². The van der Waals surface area contributed by atoms with Crippen LogP contribution in [0.3, 0.4) is 0 Å². The molecule has 0 N–H and O–H groups in total. The van der Waals surface area contributed by atoms with Crippen molar-refractivity contribution in [3.05, 3.63) is 65.6 Å². The zero-order valence-corrected chi connectivity index (χ0v) is 18.4. The highest BCUT2D eigenvalue weighted by Gasteiger charge is 2.44. The van der Waals surface area contributed by atoms with E-state index in [0.29, 0.717) is 40.6 Å². The van der Waals surface area contributed by atoms with Gasteiger partial charge >= 0.3 is 0 Å². The molecule has 0 aliphatic carbocycles. The molecule has 0 spiro atoms. The average molecular weight is 461 g/mol. The summed E-state index contributed by atoms with van der Waals surface area (Å²) in [5.74, 6) is -0.743. The molecule has 2 fully saturated rings. The molecule has 2 aliphatic rings. The Kier molecular flexibility index (Phi) is 4.75. The van der Waals surface area contributed by atoms with E-state index in [2.05, 4.69) is 30.0 Å². The van der Waals surface area contributed by atoms with E-state index >= 15 is 0 Å². The second-order valence-corrected chi connectivity index (χ2v) is 8.80. The van der Waals surface area contributed by atoms with E-state index < -0.39 is 11.6 Å². The molecule has 0 saturated carbocycles. The van der Waals surface area contributed by atoms with Gasteiger partial charge in [-0.15, -0.1) is 0 Å². The van der Waals surface area contributed by atoms with E-state index in [9.17, 15) is 13.6 Å². The number of fused-ring (bicyclic) bond motifs is 2. The number of aldehydes is 1. The fourth-order valence-corrected chi connectivity index (χ4v) is 5.13. The third-order valence-electron chi connectivity index (χ3n) is 6.88. The summed E-state index contributed by atoms with van der Waals surface area (Å²) in [5.41, 5.74) is 3.76. The van der Waals surface area contributed by atoms with Crippen molar-refractivity contribution in [1.82, 2.24) is 25.0 Å². The lowest BCUT2D eigenvalue weighted by Gasteiger charge is -2.55. The minimum Gasteiger partial charge on any atom is -0.365 e. The third kappa shape index (κ3) is 3.20. The third-order valence-corrected chi connectivity index (χ3v) is 6.88. The number of nitrogens with zero attached hydrogens (tertiary/aromatic N) is 7. The van der Waals surface area contributed by atoms with Crippen LogP contribution in [0.1, 0.15) is 22.3 Å². The zero-order valence-electron chi connectivity index (χ0n) is 18.4. The van der Waals surface area contributed by atoms with Crippen LogP contribution in [0.15, 0.2) is 42.9 Å². The topological polar surface area (TPSA) is 80.0 Å². The van der Waals surface area contributed by atoms with Gasteiger partial charge in [-0.05, 0) is 25.0 Å². The molecule has 0 bridgehead atoms. The van der Waals surface area contributed by atoms with Gasteiger partial charge in [-0.25, -0.2) is 13.8 Å². The van der Waals surface area contributed by atoms with E-state index in [1.165, 1.54) is 4.80 Å². The van der Waals surface area contributed by atoms with Gasteiger partial charge in [-0.1, -0.05) is 6.07 Å². The number of aryl methyl sites for hydroxylation is 1. The van der Waals surface area contributed by atoms with Gasteiger partial charge in [0.2, 0.25) is 0 Å². The summed E-state index contributed by atoms with van der Waals surface area (Å²) >= 11 is 0. The van der Waals surface area contributed by atoms with E-state index in [0.717, 1.165) is 49.2 Å². The summed E-state index contributed by atoms with van der Waals surface area (Å²) in [6, 6.07) is 6.18. The Hall–Kier alpha value is -3.95. The number of aromatic nitrogens is 5. The lowest BCUT2D eigenvalue weighted by Crippen LogP contribution is -2.65. The number of benzene rings is 2. The van der Waals surface area contributed by atoms with Crippen molar-refractivity contribution in [3.8, 4) is 5.69 Å². The van der Waals surface area contributed by atoms with Crippen molar-refractivity contribution in [3.63, 3.8) is 0 Å². The molecular formula is C24H21F2N7O. The number of hydrogen-bond acceptors (Lipinski definition) is 7. The number of rotatable bonds is 4. The Balaban J connectivity index is 1.32. The largest absolute Gasteiger partial charge is 0.365 e. The minimum atomic E-state index is -0.939. The van der Waals surface area contributed by atoms with Crippen molar-refractivity contribution >= 4 is 28.8 Å². The lowest BCUT2D eigenvalue weighted by molar-refractivity contribution is 0.112. The first-order valence-electron chi connectivity index (χ1n) is 11.1. The maximum atomic E-state index is 13.7. The monoisotopic (exact) mass is 461 g/mol. The van der Waals surface area contributed by atoms with Crippen molar-refractivity contribution in [2.45, 2.75) is 19.4 Å². The van der Waals surface area contributed by atoms with Crippen LogP contribution in [0.2, 0.25) is 0 Å². The molecule has 0 unspecified atom stereocenters. The number of hydrogen-bond donors (Lipinski definition) is 0. The summed E-state index contributed by atoms with van der Waals surface area (Å²) in [6.45, 7) is 4.36. The van der Waals surface area contributed by atoms with Gasteiger partial charge < -0.3 is 9.80 Å². The van der Waals surface area contributed by atoms with Gasteiger partial charge in [-0.2, -0.15) is 15.0 Å². The summed E-state index contributed by atoms with van der Waals surface area (Å²) < 4.78 is 27.3. The summed E-state index contributed by atoms with van der Waals surface area (Å²) in [7, 11) is 0. The fraction of sp³-hybridized carbons (Fsp3) is 0.292. The number of carbonyl (C=O) groups is 1. The fourth-order valence-electron chi connectivity index (χ4n) is 5.13.